The molecule has 1 unspecified atom stereocenters. The molecule has 6 heteroatoms. The van der Waals surface area contributed by atoms with Gasteiger partial charge in [-0.3, -0.25) is 0 Å². The van der Waals surface area contributed by atoms with Crippen LogP contribution in [0.1, 0.15) is 24.2 Å². The molecule has 0 bridgehead atoms. The summed E-state index contributed by atoms with van der Waals surface area (Å²) < 4.78 is 0. The minimum absolute atomic E-state index is 0.0849. The molecule has 0 spiro atoms. The summed E-state index contributed by atoms with van der Waals surface area (Å²) in [5, 5.41) is 13.5. The minimum Gasteiger partial charge on any atom is -0.304 e. The number of hydrogen-bond acceptors (Lipinski definition) is 3. The standard InChI is InChI=1S/C17H16Cl2N4/c1-12(16-8-7-13(18)9-17(16)19)20-10-14-11-21-23(22-14)15-5-3-2-4-6-15/h2-9,11-12,20H,10H2,1H3. The van der Waals surface area contributed by atoms with Gasteiger partial charge in [-0.25, -0.2) is 0 Å². The van der Waals surface area contributed by atoms with E-state index in [1.807, 2.05) is 42.5 Å². The summed E-state index contributed by atoms with van der Waals surface area (Å²) in [6, 6.07) is 15.4. The van der Waals surface area contributed by atoms with Crippen molar-refractivity contribution in [2.45, 2.75) is 19.5 Å². The molecule has 0 fully saturated rings. The predicted octanol–water partition coefficient (Wildman–Crippen LogP) is 4.42. The molecular weight excluding hydrogens is 331 g/mol. The Morgan fingerprint density at radius 2 is 1.91 bits per heavy atom. The summed E-state index contributed by atoms with van der Waals surface area (Å²) >= 11 is 12.2. The molecule has 23 heavy (non-hydrogen) atoms. The van der Waals surface area contributed by atoms with Gasteiger partial charge >= 0.3 is 0 Å². The maximum Gasteiger partial charge on any atom is 0.0969 e. The van der Waals surface area contributed by atoms with E-state index < -0.39 is 0 Å². The van der Waals surface area contributed by atoms with E-state index in [1.54, 1.807) is 17.1 Å². The third kappa shape index (κ3) is 3.91. The quantitative estimate of drug-likeness (QED) is 0.743. The lowest BCUT2D eigenvalue weighted by Gasteiger charge is -2.15. The molecule has 1 aromatic heterocycles. The summed E-state index contributed by atoms with van der Waals surface area (Å²) in [7, 11) is 0. The highest BCUT2D eigenvalue weighted by molar-refractivity contribution is 6.35. The van der Waals surface area contributed by atoms with Crippen molar-refractivity contribution in [3.05, 3.63) is 76.0 Å². The van der Waals surface area contributed by atoms with Crippen molar-refractivity contribution in [2.75, 3.05) is 0 Å². The first-order valence-corrected chi connectivity index (χ1v) is 8.04. The Kier molecular flexibility index (Phi) is 4.96. The van der Waals surface area contributed by atoms with E-state index in [0.29, 0.717) is 16.6 Å². The van der Waals surface area contributed by atoms with Gasteiger partial charge in [-0.15, -0.1) is 0 Å². The highest BCUT2D eigenvalue weighted by Gasteiger charge is 2.11. The van der Waals surface area contributed by atoms with Crippen molar-refractivity contribution in [3.63, 3.8) is 0 Å². The summed E-state index contributed by atoms with van der Waals surface area (Å²) in [4.78, 5) is 1.62. The number of nitrogens with zero attached hydrogens (tertiary/aromatic N) is 3. The van der Waals surface area contributed by atoms with E-state index in [9.17, 15) is 0 Å². The van der Waals surface area contributed by atoms with Crippen LogP contribution in [0.15, 0.2) is 54.7 Å². The van der Waals surface area contributed by atoms with Gasteiger partial charge in [0.25, 0.3) is 0 Å². The van der Waals surface area contributed by atoms with Gasteiger partial charge < -0.3 is 5.32 Å². The Balaban J connectivity index is 1.65. The molecule has 1 atom stereocenters. The van der Waals surface area contributed by atoms with Gasteiger partial charge in [-0.1, -0.05) is 47.5 Å². The van der Waals surface area contributed by atoms with Gasteiger partial charge in [0.05, 0.1) is 17.6 Å². The molecule has 0 amide bonds. The fourth-order valence-corrected chi connectivity index (χ4v) is 2.85. The van der Waals surface area contributed by atoms with Crippen LogP contribution in [0.25, 0.3) is 5.69 Å². The Bertz CT molecular complexity index is 786. The van der Waals surface area contributed by atoms with Crippen LogP contribution in [-0.4, -0.2) is 15.0 Å². The number of hydrogen-bond donors (Lipinski definition) is 1. The first-order chi connectivity index (χ1) is 11.1. The van der Waals surface area contributed by atoms with Crippen molar-refractivity contribution in [3.8, 4) is 5.69 Å². The largest absolute Gasteiger partial charge is 0.304 e. The highest BCUT2D eigenvalue weighted by atomic mass is 35.5. The zero-order valence-corrected chi connectivity index (χ0v) is 14.1. The first-order valence-electron chi connectivity index (χ1n) is 7.28. The van der Waals surface area contributed by atoms with Crippen LogP contribution < -0.4 is 5.32 Å². The van der Waals surface area contributed by atoms with Gasteiger partial charge in [-0.05, 0) is 36.8 Å². The molecular formula is C17H16Cl2N4. The lowest BCUT2D eigenvalue weighted by atomic mass is 10.1. The molecule has 0 saturated heterocycles. The minimum atomic E-state index is 0.0849. The summed E-state index contributed by atoms with van der Waals surface area (Å²) in [5.74, 6) is 0. The molecule has 2 aromatic carbocycles. The lowest BCUT2D eigenvalue weighted by molar-refractivity contribution is 0.564. The molecule has 4 nitrogen and oxygen atoms in total. The molecule has 0 radical (unpaired) electrons. The maximum absolute atomic E-state index is 6.23. The average Bonchev–Trinajstić information content (AvgIpc) is 3.02. The Morgan fingerprint density at radius 3 is 2.65 bits per heavy atom. The molecule has 3 aromatic rings. The molecule has 0 saturated carbocycles. The zero-order chi connectivity index (χ0) is 16.2. The molecule has 3 rings (SSSR count). The van der Waals surface area contributed by atoms with Crippen LogP contribution in [0.3, 0.4) is 0 Å². The van der Waals surface area contributed by atoms with Gasteiger partial charge in [0.1, 0.15) is 0 Å². The Hall–Kier alpha value is -1.88. The molecule has 1 heterocycles. The highest BCUT2D eigenvalue weighted by Crippen LogP contribution is 2.26. The number of benzene rings is 2. The fourth-order valence-electron chi connectivity index (χ4n) is 2.28. The monoisotopic (exact) mass is 346 g/mol. The van der Waals surface area contributed by atoms with Gasteiger partial charge in [0.2, 0.25) is 0 Å². The molecule has 0 aliphatic carbocycles. The second kappa shape index (κ2) is 7.13. The van der Waals surface area contributed by atoms with Crippen LogP contribution in [0, 0.1) is 0 Å². The van der Waals surface area contributed by atoms with E-state index in [2.05, 4.69) is 22.4 Å². The van der Waals surface area contributed by atoms with Gasteiger partial charge in [-0.2, -0.15) is 15.0 Å². The summed E-state index contributed by atoms with van der Waals surface area (Å²) in [6.07, 6.45) is 1.76. The van der Waals surface area contributed by atoms with E-state index in [1.165, 1.54) is 0 Å². The topological polar surface area (TPSA) is 42.7 Å². The van der Waals surface area contributed by atoms with Crippen LogP contribution in [0.2, 0.25) is 10.0 Å². The van der Waals surface area contributed by atoms with Crippen molar-refractivity contribution >= 4 is 23.2 Å². The fraction of sp³-hybridized carbons (Fsp3) is 0.176. The number of para-hydroxylation sites is 1. The van der Waals surface area contributed by atoms with Crippen LogP contribution >= 0.6 is 23.2 Å². The van der Waals surface area contributed by atoms with Crippen LogP contribution in [-0.2, 0) is 6.54 Å². The second-order valence-electron chi connectivity index (χ2n) is 5.23. The molecule has 0 aliphatic rings. The first kappa shape index (κ1) is 16.0. The van der Waals surface area contributed by atoms with E-state index in [4.69, 9.17) is 23.2 Å². The third-order valence-electron chi connectivity index (χ3n) is 3.54. The number of nitrogens with one attached hydrogen (secondary N) is 1. The van der Waals surface area contributed by atoms with Gasteiger partial charge in [0.15, 0.2) is 0 Å². The molecule has 0 aliphatic heterocycles. The summed E-state index contributed by atoms with van der Waals surface area (Å²) in [5.41, 5.74) is 2.81. The summed E-state index contributed by atoms with van der Waals surface area (Å²) in [6.45, 7) is 2.66. The van der Waals surface area contributed by atoms with Crippen LogP contribution in [0.4, 0.5) is 0 Å². The number of aromatic nitrogens is 3. The third-order valence-corrected chi connectivity index (χ3v) is 4.11. The van der Waals surface area contributed by atoms with E-state index in [-0.39, 0.29) is 6.04 Å². The lowest BCUT2D eigenvalue weighted by Crippen LogP contribution is -2.18. The smallest absolute Gasteiger partial charge is 0.0969 e. The zero-order valence-electron chi connectivity index (χ0n) is 12.6. The van der Waals surface area contributed by atoms with Crippen molar-refractivity contribution in [2.24, 2.45) is 0 Å². The number of halogens is 2. The maximum atomic E-state index is 6.23. The van der Waals surface area contributed by atoms with E-state index >= 15 is 0 Å². The van der Waals surface area contributed by atoms with Gasteiger partial charge in [0, 0.05) is 22.6 Å². The SMILES string of the molecule is CC(NCc1cnn(-c2ccccc2)n1)c1ccc(Cl)cc1Cl. The normalized spacial score (nSPS) is 12.3. The van der Waals surface area contributed by atoms with Crippen molar-refractivity contribution < 1.29 is 0 Å². The second-order valence-corrected chi connectivity index (χ2v) is 6.07. The number of rotatable bonds is 5. The van der Waals surface area contributed by atoms with E-state index in [0.717, 1.165) is 16.9 Å². The van der Waals surface area contributed by atoms with Crippen molar-refractivity contribution in [1.29, 1.82) is 0 Å². The molecule has 1 N–H and O–H groups in total. The Morgan fingerprint density at radius 1 is 1.13 bits per heavy atom. The predicted molar refractivity (Wildman–Crippen MR) is 93.1 cm³/mol. The van der Waals surface area contributed by atoms with Crippen molar-refractivity contribution in [1.82, 2.24) is 20.3 Å². The Labute approximate surface area is 145 Å². The average molecular weight is 347 g/mol. The molecule has 118 valence electrons. The van der Waals surface area contributed by atoms with Crippen LogP contribution in [0.5, 0.6) is 0 Å².